The third-order valence-corrected chi connectivity index (χ3v) is 4.01. The van der Waals surface area contributed by atoms with Crippen molar-refractivity contribution in [2.45, 2.75) is 16.7 Å². The Labute approximate surface area is 176 Å². The van der Waals surface area contributed by atoms with Crippen molar-refractivity contribution < 1.29 is 76.7 Å². The molecule has 0 aromatic carbocycles. The van der Waals surface area contributed by atoms with E-state index in [2.05, 4.69) is 9.97 Å². The van der Waals surface area contributed by atoms with Gasteiger partial charge in [-0.1, -0.05) is 0 Å². The molecule has 0 aliphatic heterocycles. The zero-order chi connectivity index (χ0) is 18.5. The van der Waals surface area contributed by atoms with E-state index < -0.39 is 26.2 Å². The molecule has 2 aromatic rings. The summed E-state index contributed by atoms with van der Waals surface area (Å²) in [6, 6.07) is 4.88. The van der Waals surface area contributed by atoms with Crippen LogP contribution >= 0.6 is 0 Å². The molecule has 0 radical (unpaired) electrons. The van der Waals surface area contributed by atoms with E-state index in [-0.39, 0.29) is 62.0 Å². The molecule has 0 fully saturated rings. The number of carbonyl (C=O) groups is 1. The number of aliphatic carboxylic acids is 1. The molecular weight excluding hydrogens is 577 g/mol. The molecule has 2 rings (SSSR count). The van der Waals surface area contributed by atoms with Crippen molar-refractivity contribution in [2.75, 3.05) is 0 Å². The third kappa shape index (κ3) is 9.03. The van der Waals surface area contributed by atoms with Crippen LogP contribution in [0.4, 0.5) is 0 Å². The van der Waals surface area contributed by atoms with Gasteiger partial charge in [0.2, 0.25) is 0 Å². The maximum Gasteiger partial charge on any atom is 2.00 e. The molecule has 146 valence electrons. The first kappa shape index (κ1) is 27.1. The van der Waals surface area contributed by atoms with Gasteiger partial charge in [-0.05, 0) is 24.3 Å². The van der Waals surface area contributed by atoms with Crippen LogP contribution in [-0.4, -0.2) is 47.0 Å². The molecule has 0 saturated heterocycles. The van der Waals surface area contributed by atoms with Crippen LogP contribution in [-0.2, 0) is 65.9 Å². The van der Waals surface area contributed by atoms with Crippen molar-refractivity contribution in [1.29, 1.82) is 0 Å². The third-order valence-electron chi connectivity index (χ3n) is 2.33. The van der Waals surface area contributed by atoms with Gasteiger partial charge in [0, 0.05) is 19.3 Å². The van der Waals surface area contributed by atoms with Crippen molar-refractivity contribution >= 4 is 26.2 Å². The van der Waals surface area contributed by atoms with Gasteiger partial charge in [-0.15, -0.1) is 0 Å². The van der Waals surface area contributed by atoms with Crippen molar-refractivity contribution in [3.8, 4) is 11.4 Å². The van der Waals surface area contributed by atoms with E-state index in [1.807, 2.05) is 0 Å². The largest absolute Gasteiger partial charge is 2.00 e. The van der Waals surface area contributed by atoms with Gasteiger partial charge in [0.05, 0.1) is 11.4 Å². The number of hydrogen-bond acceptors (Lipinski definition) is 7. The number of nitrogens with zero attached hydrogens (tertiary/aromatic N) is 2. The Morgan fingerprint density at radius 1 is 0.808 bits per heavy atom. The quantitative estimate of drug-likeness (QED) is 0.342. The van der Waals surface area contributed by atoms with Crippen LogP contribution in [0.25, 0.3) is 11.4 Å². The Bertz CT molecular complexity index is 853. The molecule has 0 atom stereocenters. The smallest absolute Gasteiger partial charge is 0.481 e. The molecule has 0 bridgehead atoms. The summed E-state index contributed by atoms with van der Waals surface area (Å²) in [5, 5.41) is 7.42. The minimum Gasteiger partial charge on any atom is -0.481 e. The van der Waals surface area contributed by atoms with E-state index in [0.717, 1.165) is 31.5 Å². The summed E-state index contributed by atoms with van der Waals surface area (Å²) >= 11 is 0. The number of carboxylic acids is 1. The van der Waals surface area contributed by atoms with E-state index in [9.17, 15) is 16.8 Å². The monoisotopic (exact) mass is 588 g/mol. The van der Waals surface area contributed by atoms with Crippen LogP contribution in [0.3, 0.4) is 0 Å². The Morgan fingerprint density at radius 3 is 1.23 bits per heavy atom. The number of rotatable bonds is 3. The fourth-order valence-electron chi connectivity index (χ4n) is 1.37. The first-order valence-electron chi connectivity index (χ1n) is 5.98. The van der Waals surface area contributed by atoms with Crippen LogP contribution in [0.15, 0.2) is 46.5 Å². The molecule has 0 aliphatic rings. The molecule has 10 nitrogen and oxygen atoms in total. The fourth-order valence-corrected chi connectivity index (χ4v) is 2.22. The maximum atomic E-state index is 10.8. The van der Waals surface area contributed by atoms with Crippen LogP contribution in [0, 0.1) is 0 Å². The number of aromatic nitrogens is 2. The van der Waals surface area contributed by atoms with Crippen molar-refractivity contribution in [2.24, 2.45) is 0 Å². The summed E-state index contributed by atoms with van der Waals surface area (Å²) < 4.78 is 61.0. The van der Waals surface area contributed by atoms with E-state index in [1.165, 1.54) is 12.1 Å². The predicted molar refractivity (Wildman–Crippen MR) is 80.4 cm³/mol. The van der Waals surface area contributed by atoms with Gasteiger partial charge in [-0.25, -0.2) is 0 Å². The molecule has 26 heavy (non-hydrogen) atoms. The van der Waals surface area contributed by atoms with Gasteiger partial charge in [0.15, 0.2) is 0 Å². The second-order valence-corrected chi connectivity index (χ2v) is 7.07. The Morgan fingerprint density at radius 2 is 1.08 bits per heavy atom. The number of pyridine rings is 2. The van der Waals surface area contributed by atoms with E-state index in [4.69, 9.17) is 19.0 Å². The number of hydrogen-bond donors (Lipinski definition) is 3. The average Bonchev–Trinajstić information content (AvgIpc) is 2.45. The Hall–Kier alpha value is -1.09. The maximum absolute atomic E-state index is 10.8. The minimum atomic E-state index is -4.32. The molecule has 0 saturated carbocycles. The first-order valence-corrected chi connectivity index (χ1v) is 8.86. The van der Waals surface area contributed by atoms with Crippen molar-refractivity contribution in [1.82, 2.24) is 9.97 Å². The summed E-state index contributed by atoms with van der Waals surface area (Å²) in [7, 11) is -8.65. The minimum absolute atomic E-state index is 0. The molecule has 0 unspecified atom stereocenters. The Balaban J connectivity index is 0. The molecule has 2 aromatic heterocycles. The summed E-state index contributed by atoms with van der Waals surface area (Å²) in [5.74, 6) is -0.833. The topological polar surface area (TPSA) is 172 Å². The summed E-state index contributed by atoms with van der Waals surface area (Å²) in [5.41, 5.74) is 0.554. The molecule has 0 aliphatic carbocycles. The normalized spacial score (nSPS) is 10.4. The van der Waals surface area contributed by atoms with Gasteiger partial charge >= 0.3 is 40.8 Å². The number of carboxylic acid groups (broad SMARTS) is 1. The molecule has 0 amide bonds. The molecule has 14 heteroatoms. The zero-order valence-corrected chi connectivity index (χ0v) is 17.4. The van der Waals surface area contributed by atoms with E-state index >= 15 is 0 Å². The van der Waals surface area contributed by atoms with Crippen LogP contribution in [0.2, 0.25) is 0 Å². The summed E-state index contributed by atoms with van der Waals surface area (Å²) in [6.07, 6.45) is 1.89. The van der Waals surface area contributed by atoms with Gasteiger partial charge in [0.25, 0.3) is 26.2 Å². The molecule has 3 N–H and O–H groups in total. The second kappa shape index (κ2) is 10.9. The van der Waals surface area contributed by atoms with Crippen LogP contribution in [0.5, 0.6) is 0 Å². The molecular formula is C12H12N2O8Pd2S2+4. The van der Waals surface area contributed by atoms with Gasteiger partial charge < -0.3 is 5.11 Å². The van der Waals surface area contributed by atoms with Crippen LogP contribution < -0.4 is 0 Å². The van der Waals surface area contributed by atoms with Crippen molar-refractivity contribution in [3.05, 3.63) is 36.7 Å². The predicted octanol–water partition coefficient (Wildman–Crippen LogP) is 0.723. The Kier molecular flexibility index (Phi) is 11.4. The van der Waals surface area contributed by atoms with Gasteiger partial charge in [-0.2, -0.15) is 16.8 Å². The summed E-state index contributed by atoms with van der Waals surface area (Å²) in [6.45, 7) is 1.08. The zero-order valence-electron chi connectivity index (χ0n) is 12.7. The second-order valence-electron chi connectivity index (χ2n) is 4.23. The average molecular weight is 589 g/mol. The summed E-state index contributed by atoms with van der Waals surface area (Å²) in [4.78, 5) is 15.9. The fraction of sp³-hybridized carbons (Fsp3) is 0.0833. The standard InChI is InChI=1S/C10H8N2O6S2.C2H4O2.2Pd/c13-19(14,15)7-1-3-9(11-5-7)10-4-2-8(6-12-10)20(16,17)18;1-2(3)4;;/h1-6H,(H,13,14,15)(H,16,17,18);1H3,(H,3,4);;/q;;2*+2. The van der Waals surface area contributed by atoms with Crippen LogP contribution in [0.1, 0.15) is 6.92 Å². The van der Waals surface area contributed by atoms with Crippen molar-refractivity contribution in [3.63, 3.8) is 0 Å². The van der Waals surface area contributed by atoms with E-state index in [0.29, 0.717) is 0 Å². The molecule has 2 heterocycles. The van der Waals surface area contributed by atoms with E-state index in [1.54, 1.807) is 0 Å². The van der Waals surface area contributed by atoms with Gasteiger partial charge in [0.1, 0.15) is 9.79 Å². The SMILES string of the molecule is CC(=O)O.O=S(=O)(O)c1ccc(-c2ccc(S(=O)(=O)O)cn2)nc1.[Pd+2].[Pd+2]. The van der Waals surface area contributed by atoms with Gasteiger partial charge in [-0.3, -0.25) is 23.9 Å². The first-order chi connectivity index (χ1) is 10.9. The molecule has 0 spiro atoms.